The predicted molar refractivity (Wildman–Crippen MR) is 56.8 cm³/mol. The largest absolute Gasteiger partial charge is 0.300 e. The van der Waals surface area contributed by atoms with E-state index in [4.69, 9.17) is 0 Å². The molecule has 1 heteroatoms. The first-order valence-corrected chi connectivity index (χ1v) is 6.10. The zero-order valence-electron chi connectivity index (χ0n) is 8.97. The standard InChI is InChI=1S/C12H23N/c1-11-5-4-6-12(8-7-11)13-9-2-3-10-13/h11-12H,2-10H2,1H3. The summed E-state index contributed by atoms with van der Waals surface area (Å²) >= 11 is 0. The second-order valence-corrected chi connectivity index (χ2v) is 5.01. The van der Waals surface area contributed by atoms with Crippen molar-refractivity contribution in [3.63, 3.8) is 0 Å². The molecular formula is C12H23N. The van der Waals surface area contributed by atoms with Gasteiger partial charge in [-0.15, -0.1) is 0 Å². The van der Waals surface area contributed by atoms with Crippen molar-refractivity contribution in [2.75, 3.05) is 13.1 Å². The van der Waals surface area contributed by atoms with Crippen LogP contribution in [0.1, 0.15) is 51.9 Å². The Balaban J connectivity index is 1.84. The van der Waals surface area contributed by atoms with Gasteiger partial charge in [-0.25, -0.2) is 0 Å². The molecule has 0 bridgehead atoms. The van der Waals surface area contributed by atoms with Crippen molar-refractivity contribution < 1.29 is 0 Å². The Labute approximate surface area is 82.5 Å². The van der Waals surface area contributed by atoms with Crippen LogP contribution in [0.4, 0.5) is 0 Å². The molecule has 1 saturated carbocycles. The minimum atomic E-state index is 0.951. The topological polar surface area (TPSA) is 3.24 Å². The molecule has 1 aliphatic carbocycles. The van der Waals surface area contributed by atoms with Crippen molar-refractivity contribution in [3.8, 4) is 0 Å². The highest BCUT2D eigenvalue weighted by atomic mass is 15.2. The van der Waals surface area contributed by atoms with E-state index in [1.165, 1.54) is 58.0 Å². The molecule has 0 aromatic carbocycles. The summed E-state index contributed by atoms with van der Waals surface area (Å²) in [6.45, 7) is 5.20. The average molecular weight is 181 g/mol. The van der Waals surface area contributed by atoms with Crippen LogP contribution < -0.4 is 0 Å². The molecule has 13 heavy (non-hydrogen) atoms. The average Bonchev–Trinajstić information content (AvgIpc) is 2.56. The third kappa shape index (κ3) is 2.46. The van der Waals surface area contributed by atoms with Gasteiger partial charge in [0.25, 0.3) is 0 Å². The van der Waals surface area contributed by atoms with E-state index in [2.05, 4.69) is 11.8 Å². The second kappa shape index (κ2) is 4.45. The minimum Gasteiger partial charge on any atom is -0.300 e. The van der Waals surface area contributed by atoms with Crippen molar-refractivity contribution in [2.24, 2.45) is 5.92 Å². The maximum absolute atomic E-state index is 2.75. The summed E-state index contributed by atoms with van der Waals surface area (Å²) < 4.78 is 0. The Morgan fingerprint density at radius 1 is 0.846 bits per heavy atom. The zero-order chi connectivity index (χ0) is 9.10. The van der Waals surface area contributed by atoms with Crippen LogP contribution in [0.2, 0.25) is 0 Å². The summed E-state index contributed by atoms with van der Waals surface area (Å²) in [5.74, 6) is 0.993. The summed E-state index contributed by atoms with van der Waals surface area (Å²) in [6.07, 6.45) is 10.3. The first-order valence-electron chi connectivity index (χ1n) is 6.10. The van der Waals surface area contributed by atoms with E-state index in [1.54, 1.807) is 0 Å². The van der Waals surface area contributed by atoms with Gasteiger partial charge in [-0.05, 0) is 51.1 Å². The summed E-state index contributed by atoms with van der Waals surface area (Å²) in [7, 11) is 0. The molecule has 0 spiro atoms. The number of rotatable bonds is 1. The summed E-state index contributed by atoms with van der Waals surface area (Å²) in [5, 5.41) is 0. The van der Waals surface area contributed by atoms with Gasteiger partial charge in [0.15, 0.2) is 0 Å². The van der Waals surface area contributed by atoms with Gasteiger partial charge in [0.05, 0.1) is 0 Å². The van der Waals surface area contributed by atoms with E-state index in [1.807, 2.05) is 0 Å². The molecule has 0 radical (unpaired) electrons. The highest BCUT2D eigenvalue weighted by Crippen LogP contribution is 2.27. The van der Waals surface area contributed by atoms with E-state index >= 15 is 0 Å². The van der Waals surface area contributed by atoms with Crippen LogP contribution in [-0.2, 0) is 0 Å². The quantitative estimate of drug-likeness (QED) is 0.562. The molecule has 0 N–H and O–H groups in total. The second-order valence-electron chi connectivity index (χ2n) is 5.01. The molecule has 0 amide bonds. The van der Waals surface area contributed by atoms with Crippen molar-refractivity contribution in [3.05, 3.63) is 0 Å². The molecule has 2 unspecified atom stereocenters. The molecule has 2 fully saturated rings. The molecule has 2 rings (SSSR count). The number of likely N-dealkylation sites (tertiary alicyclic amines) is 1. The first-order chi connectivity index (χ1) is 6.36. The molecule has 2 aliphatic rings. The lowest BCUT2D eigenvalue weighted by Crippen LogP contribution is -2.32. The van der Waals surface area contributed by atoms with E-state index < -0.39 is 0 Å². The van der Waals surface area contributed by atoms with Gasteiger partial charge in [0.1, 0.15) is 0 Å². The summed E-state index contributed by atoms with van der Waals surface area (Å²) in [6, 6.07) is 0.951. The van der Waals surface area contributed by atoms with Crippen LogP contribution in [0.15, 0.2) is 0 Å². The van der Waals surface area contributed by atoms with E-state index in [0.29, 0.717) is 0 Å². The molecule has 1 aliphatic heterocycles. The lowest BCUT2D eigenvalue weighted by molar-refractivity contribution is 0.220. The van der Waals surface area contributed by atoms with Crippen molar-refractivity contribution in [1.82, 2.24) is 4.90 Å². The predicted octanol–water partition coefficient (Wildman–Crippen LogP) is 3.05. The number of hydrogen-bond acceptors (Lipinski definition) is 1. The lowest BCUT2D eigenvalue weighted by atomic mass is 10.0. The molecule has 0 aromatic heterocycles. The van der Waals surface area contributed by atoms with Gasteiger partial charge >= 0.3 is 0 Å². The molecule has 1 nitrogen and oxygen atoms in total. The van der Waals surface area contributed by atoms with Crippen LogP contribution in [0.3, 0.4) is 0 Å². The third-order valence-electron chi connectivity index (χ3n) is 3.88. The van der Waals surface area contributed by atoms with Crippen molar-refractivity contribution >= 4 is 0 Å². The fourth-order valence-corrected chi connectivity index (χ4v) is 2.94. The fourth-order valence-electron chi connectivity index (χ4n) is 2.94. The molecule has 0 aromatic rings. The SMILES string of the molecule is CC1CCCC(N2CCCC2)CC1. The maximum atomic E-state index is 2.75. The Kier molecular flexibility index (Phi) is 3.26. The van der Waals surface area contributed by atoms with Crippen LogP contribution >= 0.6 is 0 Å². The maximum Gasteiger partial charge on any atom is 0.00953 e. The van der Waals surface area contributed by atoms with Crippen molar-refractivity contribution in [2.45, 2.75) is 57.9 Å². The highest BCUT2D eigenvalue weighted by molar-refractivity contribution is 4.79. The zero-order valence-corrected chi connectivity index (χ0v) is 8.97. The van der Waals surface area contributed by atoms with E-state index in [9.17, 15) is 0 Å². The normalized spacial score (nSPS) is 37.6. The van der Waals surface area contributed by atoms with Gasteiger partial charge in [-0.3, -0.25) is 0 Å². The third-order valence-corrected chi connectivity index (χ3v) is 3.88. The van der Waals surface area contributed by atoms with Crippen LogP contribution in [0.25, 0.3) is 0 Å². The Hall–Kier alpha value is -0.0400. The Morgan fingerprint density at radius 3 is 2.38 bits per heavy atom. The highest BCUT2D eigenvalue weighted by Gasteiger charge is 2.23. The van der Waals surface area contributed by atoms with Crippen LogP contribution in [0, 0.1) is 5.92 Å². The van der Waals surface area contributed by atoms with Crippen LogP contribution in [-0.4, -0.2) is 24.0 Å². The van der Waals surface area contributed by atoms with Crippen molar-refractivity contribution in [1.29, 1.82) is 0 Å². The lowest BCUT2D eigenvalue weighted by Gasteiger charge is -2.26. The summed E-state index contributed by atoms with van der Waals surface area (Å²) in [4.78, 5) is 2.75. The van der Waals surface area contributed by atoms with Gasteiger partial charge in [0, 0.05) is 6.04 Å². The summed E-state index contributed by atoms with van der Waals surface area (Å²) in [5.41, 5.74) is 0. The van der Waals surface area contributed by atoms with E-state index in [-0.39, 0.29) is 0 Å². The molecular weight excluding hydrogens is 158 g/mol. The molecule has 1 heterocycles. The Bertz CT molecular complexity index is 149. The van der Waals surface area contributed by atoms with Gasteiger partial charge in [-0.2, -0.15) is 0 Å². The molecule has 2 atom stereocenters. The van der Waals surface area contributed by atoms with E-state index in [0.717, 1.165) is 12.0 Å². The van der Waals surface area contributed by atoms with Gasteiger partial charge < -0.3 is 4.90 Å². The number of nitrogens with zero attached hydrogens (tertiary/aromatic N) is 1. The first kappa shape index (κ1) is 9.51. The van der Waals surface area contributed by atoms with Gasteiger partial charge in [0.2, 0.25) is 0 Å². The smallest absolute Gasteiger partial charge is 0.00953 e. The fraction of sp³-hybridized carbons (Fsp3) is 1.00. The molecule has 1 saturated heterocycles. The molecule has 76 valence electrons. The van der Waals surface area contributed by atoms with Crippen LogP contribution in [0.5, 0.6) is 0 Å². The number of hydrogen-bond donors (Lipinski definition) is 0. The monoisotopic (exact) mass is 181 g/mol. The Morgan fingerprint density at radius 2 is 1.62 bits per heavy atom. The van der Waals surface area contributed by atoms with Gasteiger partial charge in [-0.1, -0.05) is 19.8 Å². The minimum absolute atomic E-state index is 0.951.